The Bertz CT molecular complexity index is 725. The molecule has 4 heteroatoms. The molecule has 1 N–H and O–H groups in total. The van der Waals surface area contributed by atoms with Crippen LogP contribution in [-0.2, 0) is 17.8 Å². The highest BCUT2D eigenvalue weighted by atomic mass is 16.2. The lowest BCUT2D eigenvalue weighted by Gasteiger charge is -2.23. The molecule has 0 aromatic heterocycles. The van der Waals surface area contributed by atoms with E-state index in [4.69, 9.17) is 0 Å². The molecule has 0 saturated carbocycles. The molecule has 0 saturated heterocycles. The number of fused-ring (bicyclic) bond motifs is 1. The van der Waals surface area contributed by atoms with Gasteiger partial charge in [0.25, 0.3) is 5.91 Å². The highest BCUT2D eigenvalue weighted by molar-refractivity contribution is 5.97. The van der Waals surface area contributed by atoms with Crippen molar-refractivity contribution in [2.24, 2.45) is 0 Å². The number of amides is 2. The number of nitrogens with one attached hydrogen (secondary N) is 1. The van der Waals surface area contributed by atoms with Gasteiger partial charge in [0.15, 0.2) is 0 Å². The summed E-state index contributed by atoms with van der Waals surface area (Å²) in [4.78, 5) is 26.0. The minimum Gasteiger partial charge on any atom is -0.335 e. The van der Waals surface area contributed by atoms with Crippen LogP contribution in [0.15, 0.2) is 48.5 Å². The Morgan fingerprint density at radius 2 is 1.91 bits per heavy atom. The van der Waals surface area contributed by atoms with Gasteiger partial charge in [-0.2, -0.15) is 0 Å². The molecular weight excluding hydrogens is 288 g/mol. The summed E-state index contributed by atoms with van der Waals surface area (Å²) in [5.41, 5.74) is 3.65. The Kier molecular flexibility index (Phi) is 4.42. The van der Waals surface area contributed by atoms with E-state index in [1.165, 1.54) is 0 Å². The lowest BCUT2D eigenvalue weighted by molar-refractivity contribution is -0.116. The third-order valence-electron chi connectivity index (χ3n) is 4.13. The van der Waals surface area contributed by atoms with Gasteiger partial charge in [-0.15, -0.1) is 0 Å². The molecule has 4 nitrogen and oxygen atoms in total. The third-order valence-corrected chi connectivity index (χ3v) is 4.13. The Hall–Kier alpha value is -2.62. The minimum atomic E-state index is 0.0241. The number of carbonyl (C=O) groups excluding carboxylic acids is 2. The van der Waals surface area contributed by atoms with Crippen LogP contribution in [0.25, 0.3) is 0 Å². The largest absolute Gasteiger partial charge is 0.335 e. The van der Waals surface area contributed by atoms with Gasteiger partial charge in [-0.3, -0.25) is 9.59 Å². The van der Waals surface area contributed by atoms with E-state index in [9.17, 15) is 9.59 Å². The summed E-state index contributed by atoms with van der Waals surface area (Å²) in [6.45, 7) is 3.24. The zero-order valence-corrected chi connectivity index (χ0v) is 13.2. The molecular formula is C19H20N2O2. The van der Waals surface area contributed by atoms with Crippen LogP contribution < -0.4 is 5.32 Å². The summed E-state index contributed by atoms with van der Waals surface area (Å²) < 4.78 is 0. The first kappa shape index (κ1) is 15.3. The predicted molar refractivity (Wildman–Crippen MR) is 90.2 cm³/mol. The first-order valence-electron chi connectivity index (χ1n) is 7.93. The summed E-state index contributed by atoms with van der Waals surface area (Å²) >= 11 is 0. The number of carbonyl (C=O) groups is 2. The molecule has 1 aliphatic rings. The number of benzene rings is 2. The first-order valence-corrected chi connectivity index (χ1v) is 7.93. The summed E-state index contributed by atoms with van der Waals surface area (Å²) in [6.07, 6.45) is 1.17. The fraction of sp³-hybridized carbons (Fsp3) is 0.263. The Balaban J connectivity index is 1.80. The average Bonchev–Trinajstić information content (AvgIpc) is 2.59. The Morgan fingerprint density at radius 3 is 2.65 bits per heavy atom. The summed E-state index contributed by atoms with van der Waals surface area (Å²) in [6, 6.07) is 15.5. The van der Waals surface area contributed by atoms with Gasteiger partial charge in [0.2, 0.25) is 5.91 Å². The maximum Gasteiger partial charge on any atom is 0.254 e. The molecule has 1 aliphatic heterocycles. The SMILES string of the molecule is CCN(Cc1ccccc1)C(=O)c1ccc2c(c1)CCC(=O)N2. The van der Waals surface area contributed by atoms with Gasteiger partial charge in [0, 0.05) is 30.8 Å². The van der Waals surface area contributed by atoms with Gasteiger partial charge >= 0.3 is 0 Å². The zero-order chi connectivity index (χ0) is 16.2. The van der Waals surface area contributed by atoms with Crippen LogP contribution in [0.3, 0.4) is 0 Å². The van der Waals surface area contributed by atoms with Crippen molar-refractivity contribution >= 4 is 17.5 Å². The molecule has 2 aromatic carbocycles. The van der Waals surface area contributed by atoms with Crippen molar-refractivity contribution in [2.45, 2.75) is 26.3 Å². The molecule has 0 spiro atoms. The number of rotatable bonds is 4. The maximum absolute atomic E-state index is 12.8. The van der Waals surface area contributed by atoms with Crippen molar-refractivity contribution in [3.63, 3.8) is 0 Å². The molecule has 0 fully saturated rings. The topological polar surface area (TPSA) is 49.4 Å². The molecule has 1 heterocycles. The molecule has 3 rings (SSSR count). The second-order valence-electron chi connectivity index (χ2n) is 5.73. The Labute approximate surface area is 136 Å². The normalized spacial score (nSPS) is 13.2. The zero-order valence-electron chi connectivity index (χ0n) is 13.2. The van der Waals surface area contributed by atoms with Crippen molar-refractivity contribution in [1.82, 2.24) is 4.90 Å². The monoisotopic (exact) mass is 308 g/mol. The van der Waals surface area contributed by atoms with Crippen molar-refractivity contribution in [3.8, 4) is 0 Å². The van der Waals surface area contributed by atoms with E-state index in [-0.39, 0.29) is 11.8 Å². The summed E-state index contributed by atoms with van der Waals surface area (Å²) in [5.74, 6) is 0.0619. The lowest BCUT2D eigenvalue weighted by Crippen LogP contribution is -2.30. The smallest absolute Gasteiger partial charge is 0.254 e. The van der Waals surface area contributed by atoms with Crippen molar-refractivity contribution < 1.29 is 9.59 Å². The number of hydrogen-bond donors (Lipinski definition) is 1. The van der Waals surface area contributed by atoms with E-state index in [1.54, 1.807) is 6.07 Å². The molecule has 0 aliphatic carbocycles. The van der Waals surface area contributed by atoms with E-state index in [1.807, 2.05) is 54.3 Å². The van der Waals surface area contributed by atoms with Gasteiger partial charge in [-0.05, 0) is 42.7 Å². The van der Waals surface area contributed by atoms with E-state index in [2.05, 4.69) is 5.32 Å². The molecule has 2 aromatic rings. The molecule has 0 atom stereocenters. The molecule has 0 radical (unpaired) electrons. The van der Waals surface area contributed by atoms with Crippen LogP contribution in [0.5, 0.6) is 0 Å². The van der Waals surface area contributed by atoms with Crippen LogP contribution in [-0.4, -0.2) is 23.3 Å². The number of aryl methyl sites for hydroxylation is 1. The molecule has 0 unspecified atom stereocenters. The highest BCUT2D eigenvalue weighted by Gasteiger charge is 2.19. The van der Waals surface area contributed by atoms with Crippen LogP contribution >= 0.6 is 0 Å². The quantitative estimate of drug-likeness (QED) is 0.942. The van der Waals surface area contributed by atoms with Gasteiger partial charge in [0.05, 0.1) is 0 Å². The fourth-order valence-corrected chi connectivity index (χ4v) is 2.83. The summed E-state index contributed by atoms with van der Waals surface area (Å²) in [7, 11) is 0. The lowest BCUT2D eigenvalue weighted by atomic mass is 10.00. The predicted octanol–water partition coefficient (Wildman–Crippen LogP) is 3.23. The standard InChI is InChI=1S/C19H20N2O2/c1-2-21(13-14-6-4-3-5-7-14)19(23)16-8-10-17-15(12-16)9-11-18(22)20-17/h3-8,10,12H,2,9,11,13H2,1H3,(H,20,22). The molecule has 118 valence electrons. The molecule has 2 amide bonds. The van der Waals surface area contributed by atoms with Gasteiger partial charge in [-0.25, -0.2) is 0 Å². The maximum atomic E-state index is 12.8. The average molecular weight is 308 g/mol. The van der Waals surface area contributed by atoms with Gasteiger partial charge in [-0.1, -0.05) is 30.3 Å². The van der Waals surface area contributed by atoms with E-state index >= 15 is 0 Å². The van der Waals surface area contributed by atoms with Crippen LogP contribution in [0.4, 0.5) is 5.69 Å². The number of nitrogens with zero attached hydrogens (tertiary/aromatic N) is 1. The van der Waals surface area contributed by atoms with E-state index in [0.717, 1.165) is 16.8 Å². The van der Waals surface area contributed by atoms with Crippen LogP contribution in [0.2, 0.25) is 0 Å². The second-order valence-corrected chi connectivity index (χ2v) is 5.73. The van der Waals surface area contributed by atoms with E-state index in [0.29, 0.717) is 31.5 Å². The fourth-order valence-electron chi connectivity index (χ4n) is 2.83. The Morgan fingerprint density at radius 1 is 1.13 bits per heavy atom. The van der Waals surface area contributed by atoms with E-state index < -0.39 is 0 Å². The van der Waals surface area contributed by atoms with Crippen molar-refractivity contribution in [1.29, 1.82) is 0 Å². The number of hydrogen-bond acceptors (Lipinski definition) is 2. The van der Waals surface area contributed by atoms with Gasteiger partial charge < -0.3 is 10.2 Å². The highest BCUT2D eigenvalue weighted by Crippen LogP contribution is 2.24. The third kappa shape index (κ3) is 3.42. The first-order chi connectivity index (χ1) is 11.2. The number of anilines is 1. The van der Waals surface area contributed by atoms with Crippen LogP contribution in [0, 0.1) is 0 Å². The molecule has 23 heavy (non-hydrogen) atoms. The summed E-state index contributed by atoms with van der Waals surface area (Å²) in [5, 5.41) is 2.85. The van der Waals surface area contributed by atoms with Crippen LogP contribution in [0.1, 0.15) is 34.8 Å². The van der Waals surface area contributed by atoms with Crippen molar-refractivity contribution in [3.05, 3.63) is 65.2 Å². The molecule has 0 bridgehead atoms. The minimum absolute atomic E-state index is 0.0241. The second kappa shape index (κ2) is 6.65. The van der Waals surface area contributed by atoms with Crippen molar-refractivity contribution in [2.75, 3.05) is 11.9 Å². The van der Waals surface area contributed by atoms with Gasteiger partial charge in [0.1, 0.15) is 0 Å².